The highest BCUT2D eigenvalue weighted by Gasteiger charge is 2.44. The van der Waals surface area contributed by atoms with E-state index in [4.69, 9.17) is 25.8 Å². The molecular formula is C56H67ClN6O10S. The number of aromatic hydroxyl groups is 2. The normalized spacial score (nSPS) is 16.9. The third kappa shape index (κ3) is 15.1. The molecule has 74 heavy (non-hydrogen) atoms. The first-order chi connectivity index (χ1) is 35.6. The van der Waals surface area contributed by atoms with Gasteiger partial charge in [-0.05, 0) is 94.1 Å². The minimum absolute atomic E-state index is 0.0383. The van der Waals surface area contributed by atoms with Crippen molar-refractivity contribution in [1.82, 2.24) is 30.3 Å². The van der Waals surface area contributed by atoms with Crippen LogP contribution in [0.4, 0.5) is 0 Å². The Morgan fingerprint density at radius 1 is 0.811 bits per heavy atom. The van der Waals surface area contributed by atoms with E-state index < -0.39 is 35.4 Å². The number of nitrogens with zero attached hydrogens (tertiary/aromatic N) is 4. The molecule has 0 aliphatic carbocycles. The van der Waals surface area contributed by atoms with Crippen molar-refractivity contribution in [2.24, 2.45) is 5.41 Å². The molecule has 16 nitrogen and oxygen atoms in total. The third-order valence-electron chi connectivity index (χ3n) is 13.1. The molecule has 0 spiro atoms. The minimum Gasteiger partial charge on any atom is -0.508 e. The van der Waals surface area contributed by atoms with Crippen LogP contribution in [-0.4, -0.2) is 155 Å². The van der Waals surface area contributed by atoms with Crippen LogP contribution in [0, 0.1) is 12.3 Å². The van der Waals surface area contributed by atoms with Crippen LogP contribution in [0.25, 0.3) is 21.6 Å². The van der Waals surface area contributed by atoms with Crippen molar-refractivity contribution >= 4 is 57.7 Å². The minimum atomic E-state index is -1.00. The number of hydrogen-bond donors (Lipinski definition) is 5. The van der Waals surface area contributed by atoms with Crippen molar-refractivity contribution in [2.75, 3.05) is 78.2 Å². The van der Waals surface area contributed by atoms with Gasteiger partial charge in [0.15, 0.2) is 0 Å². The van der Waals surface area contributed by atoms with Crippen molar-refractivity contribution in [3.05, 3.63) is 131 Å². The van der Waals surface area contributed by atoms with Gasteiger partial charge in [0.1, 0.15) is 49.2 Å². The summed E-state index contributed by atoms with van der Waals surface area (Å²) in [7, 11) is 0. The number of aryl methyl sites for hydroxylation is 1. The number of ether oxygens (including phenoxy) is 3. The van der Waals surface area contributed by atoms with Gasteiger partial charge in [0.25, 0.3) is 0 Å². The van der Waals surface area contributed by atoms with Crippen LogP contribution < -0.4 is 15.4 Å². The molecule has 5 aromatic rings. The largest absolute Gasteiger partial charge is 0.508 e. The van der Waals surface area contributed by atoms with Gasteiger partial charge < -0.3 is 50.0 Å². The predicted octanol–water partition coefficient (Wildman–Crippen LogP) is 6.48. The second-order valence-electron chi connectivity index (χ2n) is 19.5. The van der Waals surface area contributed by atoms with Gasteiger partial charge in [0.05, 0.1) is 35.4 Å². The van der Waals surface area contributed by atoms with Crippen molar-refractivity contribution in [3.63, 3.8) is 0 Å². The van der Waals surface area contributed by atoms with E-state index in [-0.39, 0.29) is 69.3 Å². The number of nitrogens with one attached hydrogen (secondary N) is 2. The Kier molecular flexibility index (Phi) is 19.6. The summed E-state index contributed by atoms with van der Waals surface area (Å²) >= 11 is 7.87. The standard InChI is InChI=1S/C56H67ClN6O10S/c1-37-52(74-36-59-37)42-7-5-38(6-8-42)32-58-54(69)48-31-45(66)33-63(48)55(70)53(56(2,3)4)60-49(67)34-71-29-30-72-35-50(68)62-25-23-61(24-26-62)27-28-73-46-19-13-41(14-20-46)51(40-11-17-44(65)18-12-40)47(21-22-57)39-9-15-43(64)16-10-39/h5-20,36,45,48,53,64-66H,21-35H2,1-4H3,(H,58,69)(H,60,67)/t45-,48+,53-/m1/s1. The van der Waals surface area contributed by atoms with Crippen LogP contribution in [0.1, 0.15) is 61.6 Å². The number of phenols is 2. The number of amides is 4. The highest BCUT2D eigenvalue weighted by molar-refractivity contribution is 7.13. The molecule has 7 rings (SSSR count). The lowest BCUT2D eigenvalue weighted by Gasteiger charge is -2.35. The summed E-state index contributed by atoms with van der Waals surface area (Å²) in [6, 6.07) is 27.9. The summed E-state index contributed by atoms with van der Waals surface area (Å²) in [5.74, 6) is -0.0606. The van der Waals surface area contributed by atoms with Crippen molar-refractivity contribution in [3.8, 4) is 27.7 Å². The summed E-state index contributed by atoms with van der Waals surface area (Å²) in [6.07, 6.45) is -0.229. The van der Waals surface area contributed by atoms with Crippen molar-refractivity contribution in [1.29, 1.82) is 0 Å². The van der Waals surface area contributed by atoms with Crippen molar-refractivity contribution in [2.45, 2.75) is 65.3 Å². The first-order valence-corrected chi connectivity index (χ1v) is 26.3. The number of aliphatic hydroxyl groups is 1. The maximum Gasteiger partial charge on any atom is 0.248 e. The number of alkyl halides is 1. The second kappa shape index (κ2) is 26.2. The third-order valence-corrected chi connectivity index (χ3v) is 14.3. The number of benzene rings is 4. The van der Waals surface area contributed by atoms with E-state index in [0.29, 0.717) is 51.6 Å². The van der Waals surface area contributed by atoms with E-state index in [1.165, 1.54) is 4.90 Å². The number of carbonyl (C=O) groups is 4. The molecule has 2 fully saturated rings. The second-order valence-corrected chi connectivity index (χ2v) is 20.8. The molecule has 4 aromatic carbocycles. The Morgan fingerprint density at radius 3 is 2.01 bits per heavy atom. The maximum absolute atomic E-state index is 14.0. The predicted molar refractivity (Wildman–Crippen MR) is 286 cm³/mol. The van der Waals surface area contributed by atoms with Gasteiger partial charge >= 0.3 is 0 Å². The lowest BCUT2D eigenvalue weighted by atomic mass is 9.85. The molecular weight excluding hydrogens is 984 g/mol. The van der Waals surface area contributed by atoms with E-state index in [9.17, 15) is 34.5 Å². The molecule has 5 N–H and O–H groups in total. The highest BCUT2D eigenvalue weighted by atomic mass is 35.5. The number of phenolic OH excluding ortho intramolecular Hbond substituents is 2. The topological polar surface area (TPSA) is 203 Å². The SMILES string of the molecule is Cc1ncsc1-c1ccc(CNC(=O)[C@@H]2C[C@@H](O)CN2C(=O)[C@@H](NC(=O)COCCOCC(=O)N2CCN(CCOc3ccc(C(=C(CCCl)c4ccc(O)cc4)c4ccc(O)cc4)cc3)CC2)C(C)(C)C)cc1. The number of hydrogen-bond acceptors (Lipinski definition) is 13. The fourth-order valence-corrected chi connectivity index (χ4v) is 10.1. The number of likely N-dealkylation sites (tertiary alicyclic amines) is 1. The Balaban J connectivity index is 0.793. The summed E-state index contributed by atoms with van der Waals surface area (Å²) < 4.78 is 17.3. The number of allylic oxidation sites excluding steroid dienone is 1. The Labute approximate surface area is 441 Å². The molecule has 2 aliphatic heterocycles. The fraction of sp³-hybridized carbons (Fsp3) is 0.411. The monoisotopic (exact) mass is 1050 g/mol. The average molecular weight is 1050 g/mol. The molecule has 2 aliphatic rings. The van der Waals surface area contributed by atoms with E-state index >= 15 is 0 Å². The maximum atomic E-state index is 14.0. The molecule has 0 unspecified atom stereocenters. The number of aromatic nitrogens is 1. The quantitative estimate of drug-likeness (QED) is 0.0287. The van der Waals surface area contributed by atoms with Crippen molar-refractivity contribution < 1.29 is 48.7 Å². The number of rotatable bonds is 22. The first-order valence-electron chi connectivity index (χ1n) is 24.9. The smallest absolute Gasteiger partial charge is 0.248 e. The lowest BCUT2D eigenvalue weighted by Crippen LogP contribution is -2.58. The van der Waals surface area contributed by atoms with E-state index in [0.717, 1.165) is 55.3 Å². The molecule has 3 heterocycles. The van der Waals surface area contributed by atoms with Crippen LogP contribution in [0.5, 0.6) is 17.2 Å². The molecule has 18 heteroatoms. The summed E-state index contributed by atoms with van der Waals surface area (Å²) in [5, 5.41) is 36.2. The number of thiazole rings is 1. The molecule has 394 valence electrons. The Morgan fingerprint density at radius 2 is 1.42 bits per heavy atom. The average Bonchev–Trinajstić information content (AvgIpc) is 4.01. The van der Waals surface area contributed by atoms with Gasteiger partial charge in [-0.3, -0.25) is 24.1 Å². The highest BCUT2D eigenvalue weighted by Crippen LogP contribution is 2.37. The summed E-state index contributed by atoms with van der Waals surface area (Å²) in [5.41, 5.74) is 8.73. The van der Waals surface area contributed by atoms with Gasteiger partial charge in [-0.25, -0.2) is 4.98 Å². The van der Waals surface area contributed by atoms with Gasteiger partial charge in [-0.2, -0.15) is 0 Å². The fourth-order valence-electron chi connectivity index (χ4n) is 9.06. The van der Waals surface area contributed by atoms with Gasteiger partial charge in [-0.1, -0.05) is 81.4 Å². The lowest BCUT2D eigenvalue weighted by molar-refractivity contribution is -0.144. The molecule has 2 saturated heterocycles. The molecule has 0 radical (unpaired) electrons. The van der Waals surface area contributed by atoms with Crippen LogP contribution in [0.2, 0.25) is 0 Å². The molecule has 1 aromatic heterocycles. The summed E-state index contributed by atoms with van der Waals surface area (Å²) in [4.78, 5) is 64.3. The Hall–Kier alpha value is -6.34. The zero-order chi connectivity index (χ0) is 52.8. The van der Waals surface area contributed by atoms with Gasteiger partial charge in [0, 0.05) is 58.1 Å². The Bertz CT molecular complexity index is 2690. The number of piperazine rings is 1. The van der Waals surface area contributed by atoms with Crippen LogP contribution in [-0.2, 0) is 35.2 Å². The molecule has 0 saturated carbocycles. The number of aliphatic hydroxyl groups excluding tert-OH is 1. The zero-order valence-electron chi connectivity index (χ0n) is 42.4. The number of β-amino-alcohol motifs (C(OH)–C–C–N with tert-alkyl or cyclic N) is 1. The first kappa shape index (κ1) is 55.4. The molecule has 0 bridgehead atoms. The molecule has 3 atom stereocenters. The number of carbonyl (C=O) groups excluding carboxylic acids is 4. The number of halogens is 1. The van der Waals surface area contributed by atoms with Crippen LogP contribution in [0.15, 0.2) is 103 Å². The van der Waals surface area contributed by atoms with Crippen LogP contribution >= 0.6 is 22.9 Å². The molecule has 4 amide bonds. The van der Waals surface area contributed by atoms with Gasteiger partial charge in [-0.15, -0.1) is 22.9 Å². The van der Waals surface area contributed by atoms with E-state index in [2.05, 4.69) is 20.5 Å². The van der Waals surface area contributed by atoms with Gasteiger partial charge in [0.2, 0.25) is 23.6 Å². The zero-order valence-corrected chi connectivity index (χ0v) is 44.0. The van der Waals surface area contributed by atoms with Crippen LogP contribution in [0.3, 0.4) is 0 Å². The van der Waals surface area contributed by atoms with E-state index in [1.807, 2.05) is 100 Å². The summed E-state index contributed by atoms with van der Waals surface area (Å²) in [6.45, 7) is 10.9. The van der Waals surface area contributed by atoms with E-state index in [1.54, 1.807) is 46.0 Å².